The van der Waals surface area contributed by atoms with Crippen molar-refractivity contribution in [3.8, 4) is 16.8 Å². The number of fused-ring (bicyclic) bond motifs is 8. The average Bonchev–Trinajstić information content (AvgIpc) is 3.72. The molecule has 0 fully saturated rings. The van der Waals surface area contributed by atoms with E-state index in [9.17, 15) is 0 Å². The molecule has 3 heteroatoms. The molecule has 0 radical (unpaired) electrons. The molecule has 0 saturated heterocycles. The Labute approximate surface area is 283 Å². The van der Waals surface area contributed by atoms with Gasteiger partial charge < -0.3 is 13.9 Å². The standard InChI is InChI=1S/C46H30N2O/c1-3-12-31(13-4-1)32-22-25-35(26-23-32)47(41-19-11-21-44-46(41)38-18-9-10-20-43(38)49-44)36-27-29-40-39(30-36)45-37-17-8-7-14-33(37)24-28-42(45)48(40)34-15-5-2-6-16-34/h1-30H. The lowest BCUT2D eigenvalue weighted by atomic mass is 10.0. The van der Waals surface area contributed by atoms with Gasteiger partial charge in [-0.1, -0.05) is 115 Å². The molecule has 49 heavy (non-hydrogen) atoms. The SMILES string of the molecule is c1ccc(-c2ccc(N(c3ccc4c(c3)c3c5ccccc5ccc3n4-c3ccccc3)c3cccc4oc5ccccc5c34)cc2)cc1. The number of aromatic nitrogens is 1. The molecule has 0 aliphatic heterocycles. The predicted molar refractivity (Wildman–Crippen MR) is 206 cm³/mol. The fourth-order valence-electron chi connectivity index (χ4n) is 7.58. The summed E-state index contributed by atoms with van der Waals surface area (Å²) in [6.45, 7) is 0. The van der Waals surface area contributed by atoms with Crippen molar-refractivity contribution in [3.63, 3.8) is 0 Å². The molecule has 0 saturated carbocycles. The third-order valence-electron chi connectivity index (χ3n) is 9.76. The molecular weight excluding hydrogens is 597 g/mol. The van der Waals surface area contributed by atoms with Crippen molar-refractivity contribution < 1.29 is 4.42 Å². The summed E-state index contributed by atoms with van der Waals surface area (Å²) in [4.78, 5) is 2.38. The summed E-state index contributed by atoms with van der Waals surface area (Å²) in [6.07, 6.45) is 0. The van der Waals surface area contributed by atoms with Crippen molar-refractivity contribution in [2.75, 3.05) is 4.90 Å². The van der Waals surface area contributed by atoms with Gasteiger partial charge in [0.2, 0.25) is 0 Å². The fourth-order valence-corrected chi connectivity index (χ4v) is 7.58. The van der Waals surface area contributed by atoms with E-state index in [1.165, 1.54) is 43.7 Å². The van der Waals surface area contributed by atoms with Gasteiger partial charge in [0.15, 0.2) is 0 Å². The van der Waals surface area contributed by atoms with Crippen molar-refractivity contribution in [2.24, 2.45) is 0 Å². The highest BCUT2D eigenvalue weighted by Gasteiger charge is 2.22. The number of benzene rings is 8. The summed E-state index contributed by atoms with van der Waals surface area (Å²) in [5, 5.41) is 7.15. The summed E-state index contributed by atoms with van der Waals surface area (Å²) in [6, 6.07) is 65.0. The second kappa shape index (κ2) is 11.0. The minimum absolute atomic E-state index is 0.873. The maximum atomic E-state index is 6.39. The maximum absolute atomic E-state index is 6.39. The van der Waals surface area contributed by atoms with Crippen molar-refractivity contribution in [2.45, 2.75) is 0 Å². The van der Waals surface area contributed by atoms with Gasteiger partial charge in [0, 0.05) is 33.2 Å². The van der Waals surface area contributed by atoms with Crippen molar-refractivity contribution in [1.82, 2.24) is 4.57 Å². The van der Waals surface area contributed by atoms with Gasteiger partial charge in [-0.2, -0.15) is 0 Å². The molecular formula is C46H30N2O. The molecule has 0 aliphatic rings. The predicted octanol–water partition coefficient (Wildman–Crippen LogP) is 13.0. The largest absolute Gasteiger partial charge is 0.456 e. The Bertz CT molecular complexity index is 2810. The molecule has 0 atom stereocenters. The molecule has 10 rings (SSSR count). The first kappa shape index (κ1) is 27.5. The third-order valence-corrected chi connectivity index (χ3v) is 9.76. The Hall–Kier alpha value is -6.58. The second-order valence-electron chi connectivity index (χ2n) is 12.6. The van der Waals surface area contributed by atoms with E-state index >= 15 is 0 Å². The lowest BCUT2D eigenvalue weighted by Gasteiger charge is -2.26. The molecule has 0 unspecified atom stereocenters. The minimum atomic E-state index is 0.873. The quantitative estimate of drug-likeness (QED) is 0.190. The topological polar surface area (TPSA) is 21.3 Å². The van der Waals surface area contributed by atoms with Crippen LogP contribution < -0.4 is 4.90 Å². The molecule has 2 heterocycles. The first-order valence-corrected chi connectivity index (χ1v) is 16.7. The Balaban J connectivity index is 1.27. The molecule has 10 aromatic rings. The van der Waals surface area contributed by atoms with E-state index in [1.807, 2.05) is 12.1 Å². The van der Waals surface area contributed by atoms with Crippen LogP contribution >= 0.6 is 0 Å². The zero-order chi connectivity index (χ0) is 32.3. The summed E-state index contributed by atoms with van der Waals surface area (Å²) in [5.74, 6) is 0. The van der Waals surface area contributed by atoms with Crippen molar-refractivity contribution in [1.29, 1.82) is 0 Å². The maximum Gasteiger partial charge on any atom is 0.137 e. The molecule has 0 amide bonds. The van der Waals surface area contributed by atoms with Crippen LogP contribution in [0, 0.1) is 0 Å². The molecule has 0 N–H and O–H groups in total. The van der Waals surface area contributed by atoms with Gasteiger partial charge in [-0.25, -0.2) is 0 Å². The molecule has 2 aromatic heterocycles. The van der Waals surface area contributed by atoms with Crippen LogP contribution in [0.3, 0.4) is 0 Å². The Kier molecular flexibility index (Phi) is 6.18. The summed E-state index contributed by atoms with van der Waals surface area (Å²) < 4.78 is 8.78. The lowest BCUT2D eigenvalue weighted by molar-refractivity contribution is 0.669. The van der Waals surface area contributed by atoms with Crippen molar-refractivity contribution >= 4 is 71.6 Å². The Morgan fingerprint density at radius 2 is 1.06 bits per heavy atom. The highest BCUT2D eigenvalue weighted by atomic mass is 16.3. The van der Waals surface area contributed by atoms with Crippen LogP contribution in [0.5, 0.6) is 0 Å². The van der Waals surface area contributed by atoms with E-state index in [4.69, 9.17) is 4.42 Å². The number of hydrogen-bond acceptors (Lipinski definition) is 2. The molecule has 0 aliphatic carbocycles. The monoisotopic (exact) mass is 626 g/mol. The Morgan fingerprint density at radius 3 is 1.90 bits per heavy atom. The fraction of sp³-hybridized carbons (Fsp3) is 0. The molecule has 0 spiro atoms. The zero-order valence-corrected chi connectivity index (χ0v) is 26.6. The van der Waals surface area contributed by atoms with Gasteiger partial charge in [0.1, 0.15) is 11.2 Å². The average molecular weight is 627 g/mol. The minimum Gasteiger partial charge on any atom is -0.456 e. The summed E-state index contributed by atoms with van der Waals surface area (Å²) >= 11 is 0. The molecule has 3 nitrogen and oxygen atoms in total. The van der Waals surface area contributed by atoms with Gasteiger partial charge in [0.05, 0.1) is 22.1 Å². The third kappa shape index (κ3) is 4.37. The highest BCUT2D eigenvalue weighted by Crippen LogP contribution is 2.45. The van der Waals surface area contributed by atoms with Crippen LogP contribution in [0.4, 0.5) is 17.1 Å². The van der Waals surface area contributed by atoms with Gasteiger partial charge >= 0.3 is 0 Å². The van der Waals surface area contributed by atoms with Crippen LogP contribution in [0.15, 0.2) is 186 Å². The first-order valence-electron chi connectivity index (χ1n) is 16.7. The van der Waals surface area contributed by atoms with Gasteiger partial charge in [0.25, 0.3) is 0 Å². The van der Waals surface area contributed by atoms with Gasteiger partial charge in [-0.15, -0.1) is 0 Å². The van der Waals surface area contributed by atoms with Gasteiger partial charge in [-0.05, 0) is 88.6 Å². The number of hydrogen-bond donors (Lipinski definition) is 0. The normalized spacial score (nSPS) is 11.7. The summed E-state index contributed by atoms with van der Waals surface area (Å²) in [7, 11) is 0. The van der Waals surface area contributed by atoms with Crippen LogP contribution in [-0.2, 0) is 0 Å². The van der Waals surface area contributed by atoms with Gasteiger partial charge in [-0.3, -0.25) is 0 Å². The number of para-hydroxylation sites is 2. The molecule has 230 valence electrons. The van der Waals surface area contributed by atoms with Crippen LogP contribution in [0.2, 0.25) is 0 Å². The van der Waals surface area contributed by atoms with E-state index < -0.39 is 0 Å². The van der Waals surface area contributed by atoms with Crippen LogP contribution in [0.1, 0.15) is 0 Å². The van der Waals surface area contributed by atoms with Crippen LogP contribution in [0.25, 0.3) is 71.3 Å². The molecule has 0 bridgehead atoms. The number of rotatable bonds is 5. The smallest absolute Gasteiger partial charge is 0.137 e. The summed E-state index contributed by atoms with van der Waals surface area (Å²) in [5.41, 5.74) is 10.9. The van der Waals surface area contributed by atoms with E-state index in [0.717, 1.165) is 44.7 Å². The number of nitrogens with zero attached hydrogens (tertiary/aromatic N) is 2. The van der Waals surface area contributed by atoms with E-state index in [0.29, 0.717) is 0 Å². The lowest BCUT2D eigenvalue weighted by Crippen LogP contribution is -2.10. The van der Waals surface area contributed by atoms with E-state index in [1.54, 1.807) is 0 Å². The highest BCUT2D eigenvalue weighted by molar-refractivity contribution is 6.22. The van der Waals surface area contributed by atoms with E-state index in [2.05, 4.69) is 179 Å². The second-order valence-corrected chi connectivity index (χ2v) is 12.6. The van der Waals surface area contributed by atoms with Crippen LogP contribution in [-0.4, -0.2) is 4.57 Å². The first-order chi connectivity index (χ1) is 24.3. The zero-order valence-electron chi connectivity index (χ0n) is 26.6. The molecule has 8 aromatic carbocycles. The van der Waals surface area contributed by atoms with E-state index in [-0.39, 0.29) is 0 Å². The van der Waals surface area contributed by atoms with Crippen molar-refractivity contribution in [3.05, 3.63) is 182 Å². The number of furan rings is 1. The number of anilines is 3. The Morgan fingerprint density at radius 1 is 0.408 bits per heavy atom.